The molecule has 8 N–H and O–H groups in total. The van der Waals surface area contributed by atoms with Crippen molar-refractivity contribution in [2.75, 3.05) is 22.1 Å². The minimum atomic E-state index is -0.628. The first kappa shape index (κ1) is 65.7. The Morgan fingerprint density at radius 1 is 0.424 bits per heavy atom. The first-order valence-corrected chi connectivity index (χ1v) is 28.0. The highest BCUT2D eigenvalue weighted by atomic mass is 35.5. The van der Waals surface area contributed by atoms with Crippen LogP contribution in [0.4, 0.5) is 22.7 Å². The molecule has 12 rings (SSSR count). The number of nitrogens with two attached hydrogens (primary N) is 2. The van der Waals surface area contributed by atoms with E-state index in [0.29, 0.717) is 11.4 Å². The third-order valence-corrected chi connectivity index (χ3v) is 15.5. The van der Waals surface area contributed by atoms with Crippen LogP contribution >= 0.6 is 11.6 Å². The highest BCUT2D eigenvalue weighted by Gasteiger charge is 2.32. The molecule has 0 bridgehead atoms. The van der Waals surface area contributed by atoms with Gasteiger partial charge in [-0.25, -0.2) is 0 Å². The number of carbonyl (C=O) groups excluding carboxylic acids is 5. The molecule has 8 aromatic rings. The van der Waals surface area contributed by atoms with Gasteiger partial charge in [0.2, 0.25) is 17.1 Å². The van der Waals surface area contributed by atoms with Gasteiger partial charge in [-0.3, -0.25) is 24.0 Å². The second kappa shape index (κ2) is 25.4. The molecule has 0 aromatic heterocycles. The molecule has 0 heterocycles. The fourth-order valence-corrected chi connectivity index (χ4v) is 10.1. The van der Waals surface area contributed by atoms with Crippen molar-refractivity contribution in [3.05, 3.63) is 212 Å². The number of anilines is 4. The fraction of sp³-hybridized carbons (Fsp3) is 0.274. The molecule has 4 aliphatic carbocycles. The lowest BCUT2D eigenvalue weighted by Crippen LogP contribution is -2.27. The van der Waals surface area contributed by atoms with E-state index < -0.39 is 23.0 Å². The maximum atomic E-state index is 12.2. The van der Waals surface area contributed by atoms with E-state index in [-0.39, 0.29) is 48.9 Å². The lowest BCUT2D eigenvalue weighted by molar-refractivity contribution is -0.123. The highest BCUT2D eigenvalue weighted by molar-refractivity contribution is 6.64. The summed E-state index contributed by atoms with van der Waals surface area (Å²) in [4.78, 5) is 58.8. The molecule has 442 valence electrons. The van der Waals surface area contributed by atoms with E-state index in [9.17, 15) is 34.2 Å². The number of nitrogens with one attached hydrogen (secondary N) is 2. The number of halogens is 1. The summed E-state index contributed by atoms with van der Waals surface area (Å²) in [5.74, 6) is 0.106. The van der Waals surface area contributed by atoms with Crippen LogP contribution in [0.15, 0.2) is 146 Å². The van der Waals surface area contributed by atoms with Gasteiger partial charge in [-0.1, -0.05) is 185 Å². The zero-order valence-corrected chi connectivity index (χ0v) is 50.2. The number of aryl methyl sites for hydroxylation is 4. The van der Waals surface area contributed by atoms with Crippen LogP contribution in [0.5, 0.6) is 0 Å². The molecule has 0 saturated carbocycles. The maximum absolute atomic E-state index is 12.2. The van der Waals surface area contributed by atoms with E-state index in [0.717, 1.165) is 117 Å². The van der Waals surface area contributed by atoms with Gasteiger partial charge in [0.25, 0.3) is 0 Å². The quantitative estimate of drug-likeness (QED) is 0.0719. The number of rotatable bonds is 2. The molecule has 85 heavy (non-hydrogen) atoms. The Morgan fingerprint density at radius 3 is 1.36 bits per heavy atom. The van der Waals surface area contributed by atoms with Gasteiger partial charge in [-0.2, -0.15) is 0 Å². The standard InChI is InChI=1S/2C19H21NO2.2C14H11NO.C5H9ClO.2CH4/c1-11-5-7-14-15(9-11)13-8-6-12(10-16(13)17(14)21)20-18(22)19(2,3)4;1-11-6-5-7-14-13-9-8-12(20-18(22)19(2,3)4)10-15(13)17(21)16(11)14;1-8-2-4-11-12(6-8)10-5-3-9(15)7-13(10)14(11)16;1-8-3-2-4-11-10-6-5-9(15)7-12(10)14(16)13(8)11;1-5(2,3)4(6)7;;/h2*5-10,17,21H,1-4H3,(H,20,22);2*2-7H,15H2,1H3;1-3H3;2*1H4. The molecule has 0 fully saturated rings. The van der Waals surface area contributed by atoms with Gasteiger partial charge in [0.15, 0.2) is 11.6 Å². The third kappa shape index (κ3) is 13.9. The lowest BCUT2D eigenvalue weighted by atomic mass is 9.95. The number of carbonyl (C=O) groups is 5. The van der Waals surface area contributed by atoms with Crippen LogP contribution in [0.25, 0.3) is 44.5 Å². The Bertz CT molecular complexity index is 3910. The lowest BCUT2D eigenvalue weighted by Gasteiger charge is -2.18. The van der Waals surface area contributed by atoms with Crippen LogP contribution < -0.4 is 22.1 Å². The number of hydrogen-bond donors (Lipinski definition) is 6. The first-order valence-electron chi connectivity index (χ1n) is 27.6. The van der Waals surface area contributed by atoms with E-state index in [1.165, 1.54) is 5.56 Å². The van der Waals surface area contributed by atoms with Crippen molar-refractivity contribution >= 4 is 63.0 Å². The Balaban J connectivity index is 0.000000175. The molecular formula is C73H81ClN4O7. The summed E-state index contributed by atoms with van der Waals surface area (Å²) in [5.41, 5.74) is 32.3. The minimum absolute atomic E-state index is 0. The minimum Gasteiger partial charge on any atom is -0.399 e. The van der Waals surface area contributed by atoms with Crippen molar-refractivity contribution in [1.82, 2.24) is 0 Å². The summed E-state index contributed by atoms with van der Waals surface area (Å²) in [6.07, 6.45) is -1.25. The number of hydrogen-bond acceptors (Lipinski definition) is 9. The largest absolute Gasteiger partial charge is 0.399 e. The van der Waals surface area contributed by atoms with Crippen molar-refractivity contribution < 1.29 is 34.2 Å². The van der Waals surface area contributed by atoms with Gasteiger partial charge < -0.3 is 32.3 Å². The van der Waals surface area contributed by atoms with Crippen LogP contribution in [-0.2, 0) is 14.4 Å². The zero-order valence-electron chi connectivity index (χ0n) is 49.5. The Labute approximate surface area is 506 Å². The molecule has 4 aliphatic rings. The smallest absolute Gasteiger partial charge is 0.229 e. The van der Waals surface area contributed by atoms with Crippen LogP contribution in [0.3, 0.4) is 0 Å². The van der Waals surface area contributed by atoms with Crippen LogP contribution in [0.2, 0.25) is 0 Å². The summed E-state index contributed by atoms with van der Waals surface area (Å²) < 4.78 is 0. The van der Waals surface area contributed by atoms with E-state index >= 15 is 0 Å². The van der Waals surface area contributed by atoms with E-state index in [1.807, 2.05) is 191 Å². The molecule has 11 nitrogen and oxygen atoms in total. The number of ketones is 2. The second-order valence-electron chi connectivity index (χ2n) is 24.8. The summed E-state index contributed by atoms with van der Waals surface area (Å²) in [5, 5.41) is 26.7. The van der Waals surface area contributed by atoms with Crippen LogP contribution in [-0.4, -0.2) is 38.8 Å². The molecule has 2 unspecified atom stereocenters. The van der Waals surface area contributed by atoms with Gasteiger partial charge in [-0.05, 0) is 166 Å². The molecule has 0 aliphatic heterocycles. The molecule has 2 amide bonds. The van der Waals surface area contributed by atoms with Gasteiger partial charge in [0.05, 0.1) is 0 Å². The van der Waals surface area contributed by atoms with E-state index in [1.54, 1.807) is 32.9 Å². The van der Waals surface area contributed by atoms with Crippen molar-refractivity contribution in [2.24, 2.45) is 16.2 Å². The SMILES string of the molecule is C.C.CC(C)(C)C(=O)Cl.Cc1ccc2c(c1)-c1ccc(N)cc1C2=O.Cc1ccc2c(c1)-c1ccc(NC(=O)C(C)(C)C)cc1C2O.Cc1cccc2c1C(=O)c1cc(N)ccc1-2.Cc1cccc2c1C(O)c1cc(NC(=O)C(C)(C)C)ccc1-2. The summed E-state index contributed by atoms with van der Waals surface area (Å²) in [7, 11) is 0. The Kier molecular flexibility index (Phi) is 19.6. The second-order valence-corrected chi connectivity index (χ2v) is 25.1. The molecule has 8 aromatic carbocycles. The monoisotopic (exact) mass is 1160 g/mol. The van der Waals surface area contributed by atoms with Crippen LogP contribution in [0, 0.1) is 43.9 Å². The molecular weight excluding hydrogens is 1080 g/mol. The first-order chi connectivity index (χ1) is 38.8. The average molecular weight is 1160 g/mol. The number of fused-ring (bicyclic) bond motifs is 12. The van der Waals surface area contributed by atoms with Crippen molar-refractivity contribution in [3.63, 3.8) is 0 Å². The predicted molar refractivity (Wildman–Crippen MR) is 350 cm³/mol. The maximum Gasteiger partial charge on any atom is 0.229 e. The van der Waals surface area contributed by atoms with Crippen molar-refractivity contribution in [3.8, 4) is 44.5 Å². The van der Waals surface area contributed by atoms with E-state index in [2.05, 4.69) is 22.8 Å². The fourth-order valence-electron chi connectivity index (χ4n) is 10.1. The number of benzene rings is 8. The molecule has 0 saturated heterocycles. The Morgan fingerprint density at radius 2 is 0.847 bits per heavy atom. The van der Waals surface area contributed by atoms with Gasteiger partial charge in [0, 0.05) is 61.2 Å². The van der Waals surface area contributed by atoms with Gasteiger partial charge >= 0.3 is 0 Å². The van der Waals surface area contributed by atoms with Crippen molar-refractivity contribution in [2.45, 2.75) is 117 Å². The molecule has 12 heteroatoms. The van der Waals surface area contributed by atoms with Gasteiger partial charge in [0.1, 0.15) is 12.2 Å². The number of aliphatic hydroxyl groups excluding tert-OH is 2. The van der Waals surface area contributed by atoms with E-state index in [4.69, 9.17) is 23.1 Å². The normalized spacial score (nSPS) is 14.0. The zero-order chi connectivity index (χ0) is 60.8. The predicted octanol–water partition coefficient (Wildman–Crippen LogP) is 16.7. The third-order valence-electron chi connectivity index (χ3n) is 14.9. The molecule has 0 radical (unpaired) electrons. The number of aliphatic hydroxyl groups is 2. The van der Waals surface area contributed by atoms with Gasteiger partial charge in [-0.15, -0.1) is 0 Å². The van der Waals surface area contributed by atoms with Crippen molar-refractivity contribution in [1.29, 1.82) is 0 Å². The highest BCUT2D eigenvalue weighted by Crippen LogP contribution is 2.47. The number of amides is 2. The summed E-state index contributed by atoms with van der Waals surface area (Å²) in [6.45, 7) is 24.7. The molecule has 0 spiro atoms. The van der Waals surface area contributed by atoms with Crippen LogP contribution in [0.1, 0.15) is 166 Å². The summed E-state index contributed by atoms with van der Waals surface area (Å²) >= 11 is 5.11. The number of nitrogen functional groups attached to an aromatic ring is 2. The average Bonchev–Trinajstić information content (AvgIpc) is 2.18. The topological polar surface area (TPSA) is 202 Å². The molecule has 2 atom stereocenters. The Hall–Kier alpha value is -8.48. The summed E-state index contributed by atoms with van der Waals surface area (Å²) in [6, 6.07) is 46.5.